The van der Waals surface area contributed by atoms with E-state index in [1.165, 1.54) is 11.8 Å². The van der Waals surface area contributed by atoms with Crippen LogP contribution in [0.4, 0.5) is 0 Å². The van der Waals surface area contributed by atoms with Crippen molar-refractivity contribution in [2.45, 2.75) is 12.1 Å². The Bertz CT molecular complexity index is 1200. The average Bonchev–Trinajstić information content (AvgIpc) is 3.40. The summed E-state index contributed by atoms with van der Waals surface area (Å²) in [6.07, 6.45) is 5.11. The number of hydrogen-bond donors (Lipinski definition) is 1. The van der Waals surface area contributed by atoms with Gasteiger partial charge in [0.15, 0.2) is 11.0 Å². The van der Waals surface area contributed by atoms with E-state index in [2.05, 4.69) is 41.6 Å². The summed E-state index contributed by atoms with van der Waals surface area (Å²) >= 11 is 6.33. The molecule has 1 amide bonds. The number of amides is 1. The van der Waals surface area contributed by atoms with Gasteiger partial charge in [0.2, 0.25) is 0 Å². The monoisotopic (exact) mass is 512 g/mol. The van der Waals surface area contributed by atoms with Crippen molar-refractivity contribution in [1.82, 2.24) is 25.2 Å². The second kappa shape index (κ2) is 9.99. The number of carbonyl (C=O) groups excluding carboxylic acids is 1. The second-order valence-corrected chi connectivity index (χ2v) is 9.22. The van der Waals surface area contributed by atoms with Gasteiger partial charge in [-0.15, -0.1) is 21.5 Å². The Labute approximate surface area is 195 Å². The van der Waals surface area contributed by atoms with Gasteiger partial charge in [-0.25, -0.2) is 5.43 Å². The molecule has 0 aliphatic heterocycles. The molecule has 1 N–H and O–H groups in total. The maximum Gasteiger partial charge on any atom is 0.250 e. The van der Waals surface area contributed by atoms with Gasteiger partial charge in [-0.1, -0.05) is 27.7 Å². The number of benzene rings is 1. The van der Waals surface area contributed by atoms with Crippen LogP contribution in [-0.4, -0.2) is 37.6 Å². The molecule has 3 heterocycles. The van der Waals surface area contributed by atoms with Crippen LogP contribution in [0.2, 0.25) is 0 Å². The van der Waals surface area contributed by atoms with Crippen molar-refractivity contribution >= 4 is 51.2 Å². The molecule has 0 aliphatic carbocycles. The van der Waals surface area contributed by atoms with Gasteiger partial charge < -0.3 is 0 Å². The number of hydrogen-bond acceptors (Lipinski definition) is 7. The van der Waals surface area contributed by atoms with Crippen LogP contribution in [-0.2, 0) is 4.79 Å². The summed E-state index contributed by atoms with van der Waals surface area (Å²) in [4.78, 5) is 17.5. The first-order valence-electron chi connectivity index (χ1n) is 9.22. The quantitative estimate of drug-likeness (QED) is 0.220. The van der Waals surface area contributed by atoms with E-state index in [0.717, 1.165) is 26.2 Å². The maximum absolute atomic E-state index is 12.3. The zero-order chi connectivity index (χ0) is 21.6. The minimum Gasteiger partial charge on any atom is -0.272 e. The van der Waals surface area contributed by atoms with Crippen LogP contribution in [0.25, 0.3) is 17.1 Å². The van der Waals surface area contributed by atoms with Crippen molar-refractivity contribution in [3.05, 3.63) is 75.2 Å². The Balaban J connectivity index is 1.52. The van der Waals surface area contributed by atoms with Gasteiger partial charge in [-0.05, 0) is 60.3 Å². The highest BCUT2D eigenvalue weighted by molar-refractivity contribution is 9.10. The molecule has 0 fully saturated rings. The fraction of sp³-hybridized carbons (Fsp3) is 0.0952. The molecule has 0 atom stereocenters. The van der Waals surface area contributed by atoms with E-state index >= 15 is 0 Å². The highest BCUT2D eigenvalue weighted by Gasteiger charge is 2.17. The van der Waals surface area contributed by atoms with E-state index in [-0.39, 0.29) is 11.7 Å². The third-order valence-corrected chi connectivity index (χ3v) is 6.65. The zero-order valence-corrected chi connectivity index (χ0v) is 19.6. The van der Waals surface area contributed by atoms with Crippen LogP contribution in [0.1, 0.15) is 10.4 Å². The lowest BCUT2D eigenvalue weighted by Crippen LogP contribution is -2.20. The van der Waals surface area contributed by atoms with Crippen molar-refractivity contribution in [2.75, 3.05) is 5.75 Å². The molecule has 0 saturated carbocycles. The Morgan fingerprint density at radius 1 is 1.26 bits per heavy atom. The van der Waals surface area contributed by atoms with Crippen molar-refractivity contribution in [3.8, 4) is 17.1 Å². The summed E-state index contributed by atoms with van der Waals surface area (Å²) in [5, 5.41) is 15.3. The molecule has 3 aromatic heterocycles. The van der Waals surface area contributed by atoms with Gasteiger partial charge in [-0.2, -0.15) is 5.10 Å². The number of aryl methyl sites for hydroxylation is 1. The lowest BCUT2D eigenvalue weighted by atomic mass is 10.2. The summed E-state index contributed by atoms with van der Waals surface area (Å²) < 4.78 is 2.89. The SMILES string of the molecule is Cc1ccsc1C=NNC(=O)CSc1nnc(-c2cccnc2)n1-c1ccc(Br)cc1. The third kappa shape index (κ3) is 5.27. The Hall–Kier alpha value is -2.82. The fourth-order valence-corrected chi connectivity index (χ4v) is 4.51. The topological polar surface area (TPSA) is 85.1 Å². The van der Waals surface area contributed by atoms with Crippen LogP contribution in [0, 0.1) is 6.92 Å². The number of rotatable bonds is 7. The molecule has 0 aliphatic rings. The summed E-state index contributed by atoms with van der Waals surface area (Å²) in [5.74, 6) is 0.593. The van der Waals surface area contributed by atoms with Crippen molar-refractivity contribution in [2.24, 2.45) is 5.10 Å². The van der Waals surface area contributed by atoms with Gasteiger partial charge in [0.1, 0.15) is 0 Å². The Morgan fingerprint density at radius 3 is 2.81 bits per heavy atom. The van der Waals surface area contributed by atoms with E-state index in [0.29, 0.717) is 11.0 Å². The number of carbonyl (C=O) groups is 1. The highest BCUT2D eigenvalue weighted by atomic mass is 79.9. The van der Waals surface area contributed by atoms with Crippen LogP contribution in [0.5, 0.6) is 0 Å². The fourth-order valence-electron chi connectivity index (χ4n) is 2.71. The van der Waals surface area contributed by atoms with Gasteiger partial charge in [0.25, 0.3) is 5.91 Å². The van der Waals surface area contributed by atoms with E-state index in [1.54, 1.807) is 29.9 Å². The van der Waals surface area contributed by atoms with Crippen LogP contribution in [0.3, 0.4) is 0 Å². The molecule has 10 heteroatoms. The van der Waals surface area contributed by atoms with Crippen molar-refractivity contribution < 1.29 is 4.79 Å². The summed E-state index contributed by atoms with van der Waals surface area (Å²) in [7, 11) is 0. The van der Waals surface area contributed by atoms with Gasteiger partial charge in [0, 0.05) is 33.0 Å². The van der Waals surface area contributed by atoms with E-state index in [4.69, 9.17) is 0 Å². The molecule has 1 aromatic carbocycles. The summed E-state index contributed by atoms with van der Waals surface area (Å²) in [5.41, 5.74) is 5.42. The Kier molecular flexibility index (Phi) is 6.90. The molecule has 0 bridgehead atoms. The number of halogens is 1. The lowest BCUT2D eigenvalue weighted by Gasteiger charge is -2.10. The number of hydrazone groups is 1. The molecule has 31 heavy (non-hydrogen) atoms. The molecule has 156 valence electrons. The summed E-state index contributed by atoms with van der Waals surface area (Å²) in [6, 6.07) is 13.6. The first-order valence-corrected chi connectivity index (χ1v) is 11.9. The van der Waals surface area contributed by atoms with E-state index < -0.39 is 0 Å². The number of pyridine rings is 1. The van der Waals surface area contributed by atoms with Gasteiger partial charge in [-0.3, -0.25) is 14.3 Å². The number of thioether (sulfide) groups is 1. The molecule has 4 rings (SSSR count). The average molecular weight is 513 g/mol. The molecule has 0 unspecified atom stereocenters. The predicted octanol–water partition coefficient (Wildman–Crippen LogP) is 4.70. The normalized spacial score (nSPS) is 11.2. The van der Waals surface area contributed by atoms with Crippen LogP contribution < -0.4 is 5.43 Å². The van der Waals surface area contributed by atoms with Gasteiger partial charge >= 0.3 is 0 Å². The number of aromatic nitrogens is 4. The number of nitrogens with one attached hydrogen (secondary N) is 1. The second-order valence-electron chi connectivity index (χ2n) is 6.41. The number of thiophene rings is 1. The molecule has 0 spiro atoms. The van der Waals surface area contributed by atoms with Gasteiger partial charge in [0.05, 0.1) is 12.0 Å². The molecule has 4 aromatic rings. The van der Waals surface area contributed by atoms with E-state index in [9.17, 15) is 4.79 Å². The molecule has 0 saturated heterocycles. The Morgan fingerprint density at radius 2 is 2.10 bits per heavy atom. The maximum atomic E-state index is 12.3. The highest BCUT2D eigenvalue weighted by Crippen LogP contribution is 2.28. The van der Waals surface area contributed by atoms with Crippen molar-refractivity contribution in [1.29, 1.82) is 0 Å². The predicted molar refractivity (Wildman–Crippen MR) is 128 cm³/mol. The van der Waals surface area contributed by atoms with Crippen LogP contribution >= 0.6 is 39.0 Å². The third-order valence-electron chi connectivity index (χ3n) is 4.24. The van der Waals surface area contributed by atoms with Crippen LogP contribution in [0.15, 0.2) is 75.0 Å². The smallest absolute Gasteiger partial charge is 0.250 e. The first-order chi connectivity index (χ1) is 15.1. The zero-order valence-electron chi connectivity index (χ0n) is 16.4. The molecule has 7 nitrogen and oxygen atoms in total. The van der Waals surface area contributed by atoms with Crippen molar-refractivity contribution in [3.63, 3.8) is 0 Å². The molecular formula is C21H17BrN6OS2. The number of nitrogens with zero attached hydrogens (tertiary/aromatic N) is 5. The minimum atomic E-state index is -0.219. The largest absolute Gasteiger partial charge is 0.272 e. The molecule has 0 radical (unpaired) electrons. The summed E-state index contributed by atoms with van der Waals surface area (Å²) in [6.45, 7) is 2.00. The standard InChI is InChI=1S/C21H17BrN6OS2/c1-14-8-10-30-18(14)12-24-25-19(29)13-31-21-27-26-20(15-3-2-9-23-11-15)28(21)17-6-4-16(22)5-7-17/h2-12H,13H2,1H3,(H,25,29). The van der Waals surface area contributed by atoms with E-state index in [1.807, 2.05) is 59.3 Å². The first kappa shape index (κ1) is 21.4. The molecular weight excluding hydrogens is 496 g/mol. The lowest BCUT2D eigenvalue weighted by molar-refractivity contribution is -0.118. The minimum absolute atomic E-state index is 0.155.